The summed E-state index contributed by atoms with van der Waals surface area (Å²) in [6.07, 6.45) is 3.68. The second kappa shape index (κ2) is 6.68. The first kappa shape index (κ1) is 18.6. The van der Waals surface area contributed by atoms with Gasteiger partial charge in [0.05, 0.1) is 0 Å². The van der Waals surface area contributed by atoms with Crippen LogP contribution in [0.2, 0.25) is 5.02 Å². The van der Waals surface area contributed by atoms with Crippen LogP contribution in [-0.4, -0.2) is 44.6 Å². The molecule has 31 heavy (non-hydrogen) atoms. The topological polar surface area (TPSA) is 106 Å². The van der Waals surface area contributed by atoms with E-state index in [1.165, 1.54) is 0 Å². The Labute approximate surface area is 183 Å². The number of pyridine rings is 1. The quantitative estimate of drug-likeness (QED) is 0.654. The number of halogens is 1. The molecule has 1 aliphatic heterocycles. The minimum Gasteiger partial charge on any atom is -0.351 e. The van der Waals surface area contributed by atoms with E-state index >= 15 is 0 Å². The third-order valence-electron chi connectivity index (χ3n) is 6.65. The lowest BCUT2D eigenvalue weighted by Crippen LogP contribution is -2.37. The number of benzene rings is 1. The number of fused-ring (bicyclic) bond motifs is 2. The van der Waals surface area contributed by atoms with Crippen LogP contribution in [-0.2, 0) is 0 Å². The second-order valence-corrected chi connectivity index (χ2v) is 9.06. The van der Waals surface area contributed by atoms with Gasteiger partial charge in [0.2, 0.25) is 5.95 Å². The van der Waals surface area contributed by atoms with E-state index in [0.29, 0.717) is 47.1 Å². The molecule has 3 N–H and O–H groups in total. The Morgan fingerprint density at radius 2 is 1.90 bits per heavy atom. The number of piperidine rings is 1. The van der Waals surface area contributed by atoms with Gasteiger partial charge in [0.1, 0.15) is 5.65 Å². The number of rotatable bonds is 4. The summed E-state index contributed by atoms with van der Waals surface area (Å²) in [7, 11) is 0. The second-order valence-electron chi connectivity index (χ2n) is 8.66. The predicted molar refractivity (Wildman–Crippen MR) is 118 cm³/mol. The van der Waals surface area contributed by atoms with Crippen LogP contribution in [0.3, 0.4) is 0 Å². The van der Waals surface area contributed by atoms with Crippen LogP contribution in [0.5, 0.6) is 0 Å². The molecule has 0 radical (unpaired) electrons. The Hall–Kier alpha value is -3.13. The van der Waals surface area contributed by atoms with Gasteiger partial charge in [0.25, 0.3) is 5.56 Å². The summed E-state index contributed by atoms with van der Waals surface area (Å²) in [4.78, 5) is 35.6. The van der Waals surface area contributed by atoms with Crippen LogP contribution < -0.4 is 16.6 Å². The number of primary amides is 1. The predicted octanol–water partition coefficient (Wildman–Crippen LogP) is 2.87. The first-order valence-electron chi connectivity index (χ1n) is 10.5. The number of nitrogens with two attached hydrogens (primary N) is 1. The minimum absolute atomic E-state index is 0.0758. The fourth-order valence-corrected chi connectivity index (χ4v) is 5.04. The number of hydrogen-bond donors (Lipinski definition) is 2. The normalized spacial score (nSPS) is 24.3. The van der Waals surface area contributed by atoms with Gasteiger partial charge in [-0.3, -0.25) is 9.36 Å². The van der Waals surface area contributed by atoms with Crippen molar-refractivity contribution in [1.29, 1.82) is 0 Å². The number of likely N-dealkylation sites (tertiary alicyclic amines) is 1. The smallest absolute Gasteiger partial charge is 0.314 e. The van der Waals surface area contributed by atoms with Crippen LogP contribution >= 0.6 is 11.6 Å². The van der Waals surface area contributed by atoms with E-state index in [9.17, 15) is 9.59 Å². The van der Waals surface area contributed by atoms with Gasteiger partial charge in [-0.15, -0.1) is 0 Å². The van der Waals surface area contributed by atoms with Crippen molar-refractivity contribution >= 4 is 34.6 Å². The molecule has 8 nitrogen and oxygen atoms in total. The van der Waals surface area contributed by atoms with Gasteiger partial charge in [0.15, 0.2) is 0 Å². The maximum absolute atomic E-state index is 13.4. The molecule has 2 atom stereocenters. The van der Waals surface area contributed by atoms with Crippen molar-refractivity contribution in [1.82, 2.24) is 19.4 Å². The van der Waals surface area contributed by atoms with Gasteiger partial charge in [-0.1, -0.05) is 29.8 Å². The number of amides is 2. The molecule has 9 heteroatoms. The molecule has 3 fully saturated rings. The van der Waals surface area contributed by atoms with Crippen LogP contribution in [0.25, 0.3) is 22.2 Å². The molecule has 158 valence electrons. The first-order chi connectivity index (χ1) is 15.0. The number of carbonyl (C=O) groups is 1. The monoisotopic (exact) mass is 436 g/mol. The standard InChI is InChI=1S/C22H21ClN6O2/c23-17-4-2-1-3-13(17)14-7-11-8-25-22(27-19(11)29(20(14)30)12-5-6-12)26-18-15-9-28(21(24)31)10-16(15)18/h1-4,7-8,12,15-16,18H,5-6,9-10H2,(H2,24,31)(H,25,26,27). The highest BCUT2D eigenvalue weighted by atomic mass is 35.5. The largest absolute Gasteiger partial charge is 0.351 e. The fraction of sp³-hybridized carbons (Fsp3) is 0.364. The number of hydrogen-bond acceptors (Lipinski definition) is 5. The zero-order valence-electron chi connectivity index (χ0n) is 16.7. The fourth-order valence-electron chi connectivity index (χ4n) is 4.80. The van der Waals surface area contributed by atoms with Crippen LogP contribution in [0.4, 0.5) is 10.7 Å². The Balaban J connectivity index is 1.36. The molecule has 2 aliphatic carbocycles. The minimum atomic E-state index is -0.365. The molecular weight excluding hydrogens is 416 g/mol. The van der Waals surface area contributed by atoms with Gasteiger partial charge < -0.3 is 16.0 Å². The van der Waals surface area contributed by atoms with E-state index in [4.69, 9.17) is 22.3 Å². The third kappa shape index (κ3) is 3.05. The molecule has 0 spiro atoms. The third-order valence-corrected chi connectivity index (χ3v) is 6.98. The highest BCUT2D eigenvalue weighted by Gasteiger charge is 2.57. The van der Waals surface area contributed by atoms with E-state index in [0.717, 1.165) is 23.8 Å². The van der Waals surface area contributed by atoms with Crippen LogP contribution in [0, 0.1) is 11.8 Å². The number of aromatic nitrogens is 3. The number of nitrogens with one attached hydrogen (secondary N) is 1. The lowest BCUT2D eigenvalue weighted by molar-refractivity contribution is 0.213. The Morgan fingerprint density at radius 3 is 2.58 bits per heavy atom. The molecule has 3 heterocycles. The van der Waals surface area contributed by atoms with Crippen molar-refractivity contribution in [2.45, 2.75) is 24.9 Å². The van der Waals surface area contributed by atoms with E-state index in [-0.39, 0.29) is 23.7 Å². The molecule has 2 saturated carbocycles. The van der Waals surface area contributed by atoms with Gasteiger partial charge >= 0.3 is 6.03 Å². The van der Waals surface area contributed by atoms with Crippen molar-refractivity contribution < 1.29 is 4.79 Å². The first-order valence-corrected chi connectivity index (χ1v) is 10.9. The number of anilines is 1. The summed E-state index contributed by atoms with van der Waals surface area (Å²) in [6, 6.07) is 9.23. The zero-order chi connectivity index (χ0) is 21.3. The average Bonchev–Trinajstić information content (AvgIpc) is 3.65. The SMILES string of the molecule is NC(=O)N1CC2C(C1)C2Nc1ncc2cc(-c3ccccc3Cl)c(=O)n(C3CC3)c2n1. The molecule has 0 bridgehead atoms. The van der Waals surface area contributed by atoms with Gasteiger partial charge in [-0.2, -0.15) is 4.98 Å². The van der Waals surface area contributed by atoms with Gasteiger partial charge in [-0.05, 0) is 25.0 Å². The van der Waals surface area contributed by atoms with Crippen molar-refractivity contribution in [3.05, 3.63) is 51.9 Å². The Kier molecular flexibility index (Phi) is 4.02. The maximum Gasteiger partial charge on any atom is 0.314 e. The van der Waals surface area contributed by atoms with E-state index in [1.54, 1.807) is 21.7 Å². The van der Waals surface area contributed by atoms with Crippen molar-refractivity contribution in [3.8, 4) is 11.1 Å². The molecule has 6 rings (SSSR count). The Morgan fingerprint density at radius 1 is 1.16 bits per heavy atom. The highest BCUT2D eigenvalue weighted by Crippen LogP contribution is 2.47. The van der Waals surface area contributed by atoms with E-state index in [2.05, 4.69) is 10.3 Å². The summed E-state index contributed by atoms with van der Waals surface area (Å²) < 4.78 is 1.80. The Bertz CT molecular complexity index is 1270. The lowest BCUT2D eigenvalue weighted by Gasteiger charge is -2.18. The zero-order valence-corrected chi connectivity index (χ0v) is 17.4. The summed E-state index contributed by atoms with van der Waals surface area (Å²) in [6.45, 7) is 1.33. The molecular formula is C22H21ClN6O2. The summed E-state index contributed by atoms with van der Waals surface area (Å²) >= 11 is 6.37. The lowest BCUT2D eigenvalue weighted by atomic mass is 10.1. The number of carbonyl (C=O) groups excluding carboxylic acids is 1. The van der Waals surface area contributed by atoms with Crippen LogP contribution in [0.1, 0.15) is 18.9 Å². The van der Waals surface area contributed by atoms with Gasteiger partial charge in [-0.25, -0.2) is 9.78 Å². The van der Waals surface area contributed by atoms with Crippen LogP contribution in [0.15, 0.2) is 41.3 Å². The molecule has 2 aromatic heterocycles. The molecule has 1 aromatic carbocycles. The van der Waals surface area contributed by atoms with Gasteiger partial charge in [0, 0.05) is 64.7 Å². The molecule has 2 amide bonds. The van der Waals surface area contributed by atoms with Crippen molar-refractivity contribution in [2.24, 2.45) is 17.6 Å². The summed E-state index contributed by atoms with van der Waals surface area (Å²) in [5.74, 6) is 1.26. The highest BCUT2D eigenvalue weighted by molar-refractivity contribution is 6.33. The molecule has 3 aromatic rings. The summed E-state index contributed by atoms with van der Waals surface area (Å²) in [5.41, 5.74) is 7.23. The van der Waals surface area contributed by atoms with Crippen molar-refractivity contribution in [3.63, 3.8) is 0 Å². The number of urea groups is 1. The van der Waals surface area contributed by atoms with E-state index in [1.807, 2.05) is 24.3 Å². The number of nitrogens with zero attached hydrogens (tertiary/aromatic N) is 4. The average molecular weight is 437 g/mol. The maximum atomic E-state index is 13.4. The molecule has 1 saturated heterocycles. The molecule has 3 aliphatic rings. The summed E-state index contributed by atoms with van der Waals surface area (Å²) in [5, 5.41) is 4.75. The molecule has 2 unspecified atom stereocenters. The van der Waals surface area contributed by atoms with Crippen molar-refractivity contribution in [2.75, 3.05) is 18.4 Å². The van der Waals surface area contributed by atoms with E-state index < -0.39 is 0 Å².